The Kier molecular flexibility index (Phi) is 7.25. The van der Waals surface area contributed by atoms with Crippen LogP contribution in [0.5, 0.6) is 0 Å². The zero-order valence-electron chi connectivity index (χ0n) is 19.3. The van der Waals surface area contributed by atoms with Crippen LogP contribution >= 0.6 is 0 Å². The number of carbonyl (C=O) groups excluding carboxylic acids is 2. The second-order valence-corrected chi connectivity index (χ2v) is 10.3. The number of amides is 2. The van der Waals surface area contributed by atoms with E-state index in [0.29, 0.717) is 16.9 Å². The maximum absolute atomic E-state index is 13.1. The van der Waals surface area contributed by atoms with E-state index in [1.807, 2.05) is 13.8 Å². The van der Waals surface area contributed by atoms with Gasteiger partial charge in [-0.3, -0.25) is 14.6 Å². The number of anilines is 2. The van der Waals surface area contributed by atoms with Crippen molar-refractivity contribution >= 4 is 33.2 Å². The molecule has 1 aliphatic rings. The third-order valence-corrected chi connectivity index (χ3v) is 7.27. The fourth-order valence-corrected chi connectivity index (χ4v) is 5.46. The molecule has 10 heteroatoms. The normalized spacial score (nSPS) is 18.6. The van der Waals surface area contributed by atoms with Crippen LogP contribution in [0.15, 0.2) is 78.0 Å². The Balaban J connectivity index is 1.44. The number of rotatable bonds is 6. The summed E-state index contributed by atoms with van der Waals surface area (Å²) in [5, 5.41) is 5.48. The van der Waals surface area contributed by atoms with E-state index in [9.17, 15) is 18.0 Å². The first-order valence-corrected chi connectivity index (χ1v) is 12.5. The Morgan fingerprint density at radius 3 is 2.20 bits per heavy atom. The van der Waals surface area contributed by atoms with Crippen LogP contribution in [0, 0.1) is 0 Å². The first-order valence-electron chi connectivity index (χ1n) is 11.1. The van der Waals surface area contributed by atoms with Crippen molar-refractivity contribution in [1.82, 2.24) is 9.29 Å². The molecular weight excluding hydrogens is 468 g/mol. The minimum atomic E-state index is -3.77. The van der Waals surface area contributed by atoms with E-state index in [-0.39, 0.29) is 41.7 Å². The predicted molar refractivity (Wildman–Crippen MR) is 132 cm³/mol. The van der Waals surface area contributed by atoms with Gasteiger partial charge < -0.3 is 15.4 Å². The van der Waals surface area contributed by atoms with E-state index in [1.165, 1.54) is 16.4 Å². The van der Waals surface area contributed by atoms with Gasteiger partial charge in [-0.1, -0.05) is 6.07 Å². The zero-order chi connectivity index (χ0) is 25.0. The van der Waals surface area contributed by atoms with Gasteiger partial charge in [0.1, 0.15) is 0 Å². The highest BCUT2D eigenvalue weighted by atomic mass is 32.2. The lowest BCUT2D eigenvalue weighted by Crippen LogP contribution is -2.48. The molecule has 1 fully saturated rings. The van der Waals surface area contributed by atoms with Crippen molar-refractivity contribution in [2.24, 2.45) is 0 Å². The van der Waals surface area contributed by atoms with E-state index < -0.39 is 15.9 Å². The molecule has 2 unspecified atom stereocenters. The van der Waals surface area contributed by atoms with Crippen molar-refractivity contribution in [2.45, 2.75) is 31.0 Å². The first kappa shape index (κ1) is 24.5. The number of benzene rings is 2. The summed E-state index contributed by atoms with van der Waals surface area (Å²) in [6.07, 6.45) is 2.73. The summed E-state index contributed by atoms with van der Waals surface area (Å²) in [5.74, 6) is -0.765. The summed E-state index contributed by atoms with van der Waals surface area (Å²) in [6.45, 7) is 4.17. The molecule has 1 aromatic heterocycles. The van der Waals surface area contributed by atoms with Gasteiger partial charge >= 0.3 is 0 Å². The van der Waals surface area contributed by atoms with Crippen LogP contribution in [0.2, 0.25) is 0 Å². The van der Waals surface area contributed by atoms with E-state index >= 15 is 0 Å². The lowest BCUT2D eigenvalue weighted by atomic mass is 10.1. The average molecular weight is 495 g/mol. The molecule has 2 aromatic carbocycles. The number of carbonyl (C=O) groups is 2. The minimum absolute atomic E-state index is 0.0499. The predicted octanol–water partition coefficient (Wildman–Crippen LogP) is 3.38. The summed E-state index contributed by atoms with van der Waals surface area (Å²) >= 11 is 0. The average Bonchev–Trinajstić information content (AvgIpc) is 2.84. The van der Waals surface area contributed by atoms with Gasteiger partial charge in [0.2, 0.25) is 10.0 Å². The summed E-state index contributed by atoms with van der Waals surface area (Å²) in [4.78, 5) is 29.2. The van der Waals surface area contributed by atoms with Crippen LogP contribution in [-0.2, 0) is 14.8 Å². The molecule has 0 radical (unpaired) electrons. The molecule has 0 bridgehead atoms. The van der Waals surface area contributed by atoms with Crippen molar-refractivity contribution in [3.63, 3.8) is 0 Å². The molecular formula is C25H26N4O5S. The van der Waals surface area contributed by atoms with Crippen LogP contribution in [0.25, 0.3) is 0 Å². The molecule has 4 rings (SSSR count). The smallest absolute Gasteiger partial charge is 0.255 e. The molecule has 182 valence electrons. The molecule has 1 aliphatic heterocycles. The van der Waals surface area contributed by atoms with Crippen LogP contribution in [0.4, 0.5) is 11.4 Å². The number of hydrogen-bond donors (Lipinski definition) is 2. The Hall–Kier alpha value is -3.60. The number of hydrogen-bond acceptors (Lipinski definition) is 6. The Morgan fingerprint density at radius 1 is 0.886 bits per heavy atom. The van der Waals surface area contributed by atoms with Gasteiger partial charge in [0.25, 0.3) is 11.8 Å². The maximum atomic E-state index is 13.1. The highest BCUT2D eigenvalue weighted by molar-refractivity contribution is 7.89. The largest absolute Gasteiger partial charge is 0.373 e. The number of ether oxygens (including phenoxy) is 1. The van der Waals surface area contributed by atoms with E-state index in [1.54, 1.807) is 60.9 Å². The number of sulfonamides is 1. The lowest BCUT2D eigenvalue weighted by Gasteiger charge is -2.34. The quantitative estimate of drug-likeness (QED) is 0.543. The lowest BCUT2D eigenvalue weighted by molar-refractivity contribution is -0.0440. The van der Waals surface area contributed by atoms with E-state index in [0.717, 1.165) is 0 Å². The molecule has 2 amide bonds. The fraction of sp³-hybridized carbons (Fsp3) is 0.240. The van der Waals surface area contributed by atoms with Crippen molar-refractivity contribution < 1.29 is 22.7 Å². The van der Waals surface area contributed by atoms with Crippen molar-refractivity contribution in [2.75, 3.05) is 23.7 Å². The standard InChI is InChI=1S/C25H26N4O5S/c1-17-15-29(16-18(2)34-17)35(32,33)23-7-3-5-20(13-23)25(31)27-21-10-8-19(9-11-21)24(30)28-22-6-4-12-26-14-22/h3-14,17-18H,15-16H2,1-2H3,(H,27,31)(H,28,30). The SMILES string of the molecule is CC1CN(S(=O)(=O)c2cccc(C(=O)Nc3ccc(C(=O)Nc4cccnc4)cc3)c2)CC(C)O1. The van der Waals surface area contributed by atoms with Gasteiger partial charge in [-0.05, 0) is 68.4 Å². The number of nitrogens with zero attached hydrogens (tertiary/aromatic N) is 2. The van der Waals surface area contributed by atoms with Crippen LogP contribution < -0.4 is 10.6 Å². The van der Waals surface area contributed by atoms with Gasteiger partial charge in [0, 0.05) is 36.1 Å². The Bertz CT molecular complexity index is 1300. The van der Waals surface area contributed by atoms with E-state index in [4.69, 9.17) is 4.74 Å². The Labute approximate surface area is 204 Å². The van der Waals surface area contributed by atoms with Crippen LogP contribution in [0.3, 0.4) is 0 Å². The van der Waals surface area contributed by atoms with Crippen molar-refractivity contribution in [3.05, 3.63) is 84.2 Å². The van der Waals surface area contributed by atoms with Crippen LogP contribution in [-0.4, -0.2) is 54.8 Å². The maximum Gasteiger partial charge on any atom is 0.255 e. The van der Waals surface area contributed by atoms with Crippen LogP contribution in [0.1, 0.15) is 34.6 Å². The molecule has 0 saturated carbocycles. The van der Waals surface area contributed by atoms with Crippen molar-refractivity contribution in [1.29, 1.82) is 0 Å². The molecule has 9 nitrogen and oxygen atoms in total. The number of morpholine rings is 1. The molecule has 2 N–H and O–H groups in total. The van der Waals surface area contributed by atoms with Gasteiger partial charge in [0.15, 0.2) is 0 Å². The third-order valence-electron chi connectivity index (χ3n) is 5.44. The minimum Gasteiger partial charge on any atom is -0.373 e. The molecule has 1 saturated heterocycles. The highest BCUT2D eigenvalue weighted by Gasteiger charge is 2.32. The van der Waals surface area contributed by atoms with E-state index in [2.05, 4.69) is 15.6 Å². The number of pyridine rings is 1. The van der Waals surface area contributed by atoms with Gasteiger partial charge in [-0.15, -0.1) is 0 Å². The molecule has 2 atom stereocenters. The number of nitrogens with one attached hydrogen (secondary N) is 2. The number of aromatic nitrogens is 1. The second-order valence-electron chi connectivity index (χ2n) is 8.33. The van der Waals surface area contributed by atoms with Gasteiger partial charge in [-0.2, -0.15) is 4.31 Å². The second kappa shape index (κ2) is 10.3. The van der Waals surface area contributed by atoms with Crippen molar-refractivity contribution in [3.8, 4) is 0 Å². The third kappa shape index (κ3) is 5.91. The summed E-state index contributed by atoms with van der Waals surface area (Å²) in [5.41, 5.74) is 1.66. The summed E-state index contributed by atoms with van der Waals surface area (Å²) in [7, 11) is -3.77. The summed E-state index contributed by atoms with van der Waals surface area (Å²) in [6, 6.07) is 15.8. The highest BCUT2D eigenvalue weighted by Crippen LogP contribution is 2.22. The van der Waals surface area contributed by atoms with Gasteiger partial charge in [0.05, 0.1) is 29.0 Å². The monoisotopic (exact) mass is 494 g/mol. The molecule has 0 aliphatic carbocycles. The topological polar surface area (TPSA) is 118 Å². The fourth-order valence-electron chi connectivity index (χ4n) is 3.82. The molecule has 2 heterocycles. The molecule has 3 aromatic rings. The van der Waals surface area contributed by atoms with Gasteiger partial charge in [-0.25, -0.2) is 8.42 Å². The Morgan fingerprint density at radius 2 is 1.54 bits per heavy atom. The molecule has 35 heavy (non-hydrogen) atoms. The first-order chi connectivity index (χ1) is 16.7. The summed E-state index contributed by atoms with van der Waals surface area (Å²) < 4.78 is 33.3. The zero-order valence-corrected chi connectivity index (χ0v) is 20.2. The molecule has 0 spiro atoms.